The minimum absolute atomic E-state index is 0.576. The highest BCUT2D eigenvalue weighted by Crippen LogP contribution is 2.25. The molecule has 0 aliphatic carbocycles. The topological polar surface area (TPSA) is 35.5 Å². The van der Waals surface area contributed by atoms with E-state index in [1.807, 2.05) is 0 Å². The molecule has 0 aliphatic rings. The van der Waals surface area contributed by atoms with Crippen LogP contribution in [0, 0.1) is 0 Å². The molecule has 0 amide bonds. The molecule has 0 rings (SSSR count). The van der Waals surface area contributed by atoms with E-state index < -0.39 is 8.25 Å². The van der Waals surface area contributed by atoms with E-state index >= 15 is 0 Å². The van der Waals surface area contributed by atoms with Crippen LogP contribution in [0.15, 0.2) is 24.3 Å². The maximum atomic E-state index is 11.9. The first-order valence-corrected chi connectivity index (χ1v) is 19.1. The molecule has 0 unspecified atom stereocenters. The lowest BCUT2D eigenvalue weighted by atomic mass is 10.1. The van der Waals surface area contributed by atoms with E-state index in [4.69, 9.17) is 9.05 Å². The van der Waals surface area contributed by atoms with Crippen LogP contribution >= 0.6 is 8.25 Å². The van der Waals surface area contributed by atoms with Crippen molar-refractivity contribution in [3.8, 4) is 0 Å². The van der Waals surface area contributed by atoms with E-state index in [2.05, 4.69) is 38.2 Å². The van der Waals surface area contributed by atoms with Crippen LogP contribution in [-0.4, -0.2) is 13.2 Å². The second-order valence-corrected chi connectivity index (χ2v) is 12.9. The van der Waals surface area contributed by atoms with E-state index in [9.17, 15) is 4.57 Å². The first kappa shape index (κ1) is 39.6. The van der Waals surface area contributed by atoms with E-state index in [0.717, 1.165) is 25.7 Å². The van der Waals surface area contributed by atoms with Gasteiger partial charge in [0, 0.05) is 0 Å². The summed E-state index contributed by atoms with van der Waals surface area (Å²) in [6.07, 6.45) is 45.8. The van der Waals surface area contributed by atoms with Gasteiger partial charge in [-0.3, -0.25) is 4.57 Å². The van der Waals surface area contributed by atoms with Gasteiger partial charge in [-0.15, -0.1) is 0 Å². The Labute approximate surface area is 252 Å². The molecule has 0 aliphatic heterocycles. The molecule has 0 bridgehead atoms. The summed E-state index contributed by atoms with van der Waals surface area (Å²) < 4.78 is 22.7. The molecular formula is C36H71O3P. The van der Waals surface area contributed by atoms with Crippen molar-refractivity contribution in [2.75, 3.05) is 13.2 Å². The maximum absolute atomic E-state index is 11.9. The molecule has 40 heavy (non-hydrogen) atoms. The van der Waals surface area contributed by atoms with E-state index in [0.29, 0.717) is 13.2 Å². The molecule has 3 nitrogen and oxygen atoms in total. The van der Waals surface area contributed by atoms with Gasteiger partial charge in [0.15, 0.2) is 0 Å². The van der Waals surface area contributed by atoms with E-state index in [-0.39, 0.29) is 0 Å². The Morgan fingerprint density at radius 3 is 0.925 bits per heavy atom. The van der Waals surface area contributed by atoms with Gasteiger partial charge in [0.1, 0.15) is 0 Å². The van der Waals surface area contributed by atoms with Crippen molar-refractivity contribution in [1.29, 1.82) is 0 Å². The molecule has 0 aromatic heterocycles. The molecule has 0 aromatic rings. The molecule has 0 atom stereocenters. The van der Waals surface area contributed by atoms with E-state index in [1.54, 1.807) is 0 Å². The second-order valence-electron chi connectivity index (χ2n) is 11.8. The SMILES string of the molecule is CCCCCCCCC=CCCCCCCCCO[PH](=O)OCCCCCCCCC=CCCCCCCCC. The molecule has 4 heteroatoms. The highest BCUT2D eigenvalue weighted by Gasteiger charge is 2.00. The van der Waals surface area contributed by atoms with Crippen molar-refractivity contribution < 1.29 is 13.6 Å². The lowest BCUT2D eigenvalue weighted by molar-refractivity contribution is 0.218. The van der Waals surface area contributed by atoms with Gasteiger partial charge in [0.25, 0.3) is 0 Å². The fraction of sp³-hybridized carbons (Fsp3) is 0.889. The van der Waals surface area contributed by atoms with Crippen molar-refractivity contribution >= 4 is 8.25 Å². The van der Waals surface area contributed by atoms with Crippen LogP contribution in [0.25, 0.3) is 0 Å². The minimum atomic E-state index is -2.29. The number of unbranched alkanes of at least 4 members (excludes halogenated alkanes) is 24. The third-order valence-corrected chi connectivity index (χ3v) is 8.63. The van der Waals surface area contributed by atoms with Crippen LogP contribution in [0.1, 0.15) is 194 Å². The van der Waals surface area contributed by atoms with Gasteiger partial charge in [-0.2, -0.15) is 0 Å². The smallest absolute Gasteiger partial charge is 0.311 e. The van der Waals surface area contributed by atoms with Crippen LogP contribution in [-0.2, 0) is 13.6 Å². The third kappa shape index (κ3) is 35.7. The minimum Gasteiger partial charge on any atom is -0.311 e. The molecule has 0 aromatic carbocycles. The zero-order valence-corrected chi connectivity index (χ0v) is 28.2. The van der Waals surface area contributed by atoms with Gasteiger partial charge in [0.2, 0.25) is 0 Å². The molecule has 0 heterocycles. The number of hydrogen-bond donors (Lipinski definition) is 0. The van der Waals surface area contributed by atoms with Crippen molar-refractivity contribution in [1.82, 2.24) is 0 Å². The first-order valence-electron chi connectivity index (χ1n) is 17.9. The predicted octanol–water partition coefficient (Wildman–Crippen LogP) is 13.5. The summed E-state index contributed by atoms with van der Waals surface area (Å²) in [7, 11) is -2.29. The summed E-state index contributed by atoms with van der Waals surface area (Å²) in [6.45, 7) is 5.71. The summed E-state index contributed by atoms with van der Waals surface area (Å²) >= 11 is 0. The Bertz CT molecular complexity index is 500. The predicted molar refractivity (Wildman–Crippen MR) is 180 cm³/mol. The second kappa shape index (κ2) is 36.7. The highest BCUT2D eigenvalue weighted by atomic mass is 31.1. The number of hydrogen-bond acceptors (Lipinski definition) is 3. The lowest BCUT2D eigenvalue weighted by Crippen LogP contribution is -1.92. The summed E-state index contributed by atoms with van der Waals surface area (Å²) in [5.41, 5.74) is 0. The third-order valence-electron chi connectivity index (χ3n) is 7.75. The highest BCUT2D eigenvalue weighted by molar-refractivity contribution is 7.33. The largest absolute Gasteiger partial charge is 0.319 e. The van der Waals surface area contributed by atoms with Crippen molar-refractivity contribution in [3.05, 3.63) is 24.3 Å². The quantitative estimate of drug-likeness (QED) is 0.0430. The summed E-state index contributed by atoms with van der Waals surface area (Å²) in [5, 5.41) is 0. The normalized spacial score (nSPS) is 12.8. The van der Waals surface area contributed by atoms with Crippen LogP contribution in [0.3, 0.4) is 0 Å². The van der Waals surface area contributed by atoms with E-state index in [1.165, 1.54) is 154 Å². The number of allylic oxidation sites excluding steroid dienone is 4. The van der Waals surface area contributed by atoms with Gasteiger partial charge < -0.3 is 9.05 Å². The standard InChI is InChI=1S/C36H71O3P/c1-3-5-7-9-11-13-15-17-19-21-23-25-27-29-31-33-35-38-40(37)39-36-34-32-30-28-26-24-22-20-18-16-14-12-10-8-6-4-2/h17-20,40H,3-16,21-36H2,1-2H3. The van der Waals surface area contributed by atoms with Gasteiger partial charge in [-0.1, -0.05) is 154 Å². The first-order chi connectivity index (χ1) is 19.8. The van der Waals surface area contributed by atoms with Crippen LogP contribution in [0.2, 0.25) is 0 Å². The Morgan fingerprint density at radius 1 is 0.375 bits per heavy atom. The monoisotopic (exact) mass is 583 g/mol. The molecule has 0 spiro atoms. The molecule has 0 fully saturated rings. The Balaban J connectivity index is 3.22. The van der Waals surface area contributed by atoms with Gasteiger partial charge >= 0.3 is 8.25 Å². The molecule has 0 radical (unpaired) electrons. The Hall–Kier alpha value is -0.370. The van der Waals surface area contributed by atoms with Crippen molar-refractivity contribution in [2.24, 2.45) is 0 Å². The Kier molecular flexibility index (Phi) is 36.3. The average Bonchev–Trinajstić information content (AvgIpc) is 2.96. The van der Waals surface area contributed by atoms with Gasteiger partial charge in [-0.25, -0.2) is 0 Å². The fourth-order valence-electron chi connectivity index (χ4n) is 5.05. The summed E-state index contributed by atoms with van der Waals surface area (Å²) in [4.78, 5) is 0. The van der Waals surface area contributed by atoms with Gasteiger partial charge in [0.05, 0.1) is 13.2 Å². The molecule has 238 valence electrons. The summed E-state index contributed by atoms with van der Waals surface area (Å²) in [6, 6.07) is 0. The number of rotatable bonds is 34. The molecule has 0 N–H and O–H groups in total. The average molecular weight is 583 g/mol. The lowest BCUT2D eigenvalue weighted by Gasteiger charge is -2.06. The maximum Gasteiger partial charge on any atom is 0.319 e. The van der Waals surface area contributed by atoms with Crippen LogP contribution in [0.5, 0.6) is 0 Å². The van der Waals surface area contributed by atoms with Gasteiger partial charge in [-0.05, 0) is 64.2 Å². The van der Waals surface area contributed by atoms with Crippen LogP contribution in [0.4, 0.5) is 0 Å². The van der Waals surface area contributed by atoms with Crippen LogP contribution < -0.4 is 0 Å². The Morgan fingerprint density at radius 2 is 0.625 bits per heavy atom. The van der Waals surface area contributed by atoms with Crippen molar-refractivity contribution in [3.63, 3.8) is 0 Å². The fourth-order valence-corrected chi connectivity index (χ4v) is 5.76. The van der Waals surface area contributed by atoms with Crippen molar-refractivity contribution in [2.45, 2.75) is 194 Å². The molecule has 0 saturated heterocycles. The zero-order chi connectivity index (χ0) is 29.0. The zero-order valence-electron chi connectivity index (χ0n) is 27.2. The molecule has 0 saturated carbocycles. The summed E-state index contributed by atoms with van der Waals surface area (Å²) in [5.74, 6) is 0. The molecular weight excluding hydrogens is 511 g/mol.